The molecule has 0 aliphatic carbocycles. The van der Waals surface area contributed by atoms with Crippen LogP contribution in [0.1, 0.15) is 28.8 Å². The normalized spacial score (nSPS) is 14.1. The summed E-state index contributed by atoms with van der Waals surface area (Å²) in [6, 6.07) is 13.4. The molecule has 0 saturated carbocycles. The van der Waals surface area contributed by atoms with Gasteiger partial charge < -0.3 is 9.64 Å². The van der Waals surface area contributed by atoms with Crippen LogP contribution in [0.5, 0.6) is 5.75 Å². The first kappa shape index (κ1) is 14.6. The third kappa shape index (κ3) is 3.45. The van der Waals surface area contributed by atoms with Gasteiger partial charge in [-0.05, 0) is 54.8 Å². The van der Waals surface area contributed by atoms with Crippen molar-refractivity contribution in [3.05, 3.63) is 65.5 Å². The number of hydrogen-bond donors (Lipinski definition) is 0. The van der Waals surface area contributed by atoms with Crippen LogP contribution in [0.2, 0.25) is 0 Å². The van der Waals surface area contributed by atoms with Gasteiger partial charge in [0.25, 0.3) is 5.91 Å². The van der Waals surface area contributed by atoms with Crippen molar-refractivity contribution in [2.24, 2.45) is 0 Å². The van der Waals surface area contributed by atoms with Gasteiger partial charge in [0.15, 0.2) is 0 Å². The molecule has 0 unspecified atom stereocenters. The fourth-order valence-corrected chi connectivity index (χ4v) is 2.59. The number of amides is 1. The topological polar surface area (TPSA) is 29.5 Å². The molecule has 3 nitrogen and oxygen atoms in total. The Labute approximate surface area is 129 Å². The molecule has 1 amide bonds. The van der Waals surface area contributed by atoms with E-state index in [9.17, 15) is 9.18 Å². The number of halogens is 1. The minimum absolute atomic E-state index is 0.0779. The van der Waals surface area contributed by atoms with Crippen molar-refractivity contribution >= 4 is 5.91 Å². The Morgan fingerprint density at radius 1 is 1.09 bits per heavy atom. The Hall–Kier alpha value is -2.36. The number of rotatable bonds is 4. The highest BCUT2D eigenvalue weighted by molar-refractivity contribution is 5.94. The molecule has 1 fully saturated rings. The third-order valence-corrected chi connectivity index (χ3v) is 3.79. The molecule has 1 heterocycles. The molecule has 0 radical (unpaired) electrons. The predicted molar refractivity (Wildman–Crippen MR) is 82.3 cm³/mol. The van der Waals surface area contributed by atoms with E-state index in [0.717, 1.165) is 31.5 Å². The maximum Gasteiger partial charge on any atom is 0.253 e. The lowest BCUT2D eigenvalue weighted by Gasteiger charge is -2.15. The van der Waals surface area contributed by atoms with Crippen LogP contribution >= 0.6 is 0 Å². The second-order valence-electron chi connectivity index (χ2n) is 5.44. The first-order chi connectivity index (χ1) is 10.7. The van der Waals surface area contributed by atoms with Crippen molar-refractivity contribution < 1.29 is 13.9 Å². The van der Waals surface area contributed by atoms with E-state index >= 15 is 0 Å². The van der Waals surface area contributed by atoms with E-state index in [2.05, 4.69) is 0 Å². The fourth-order valence-electron chi connectivity index (χ4n) is 2.59. The van der Waals surface area contributed by atoms with Gasteiger partial charge >= 0.3 is 0 Å². The molecule has 3 rings (SSSR count). The predicted octanol–water partition coefficient (Wildman–Crippen LogP) is 3.64. The molecule has 0 atom stereocenters. The zero-order chi connectivity index (χ0) is 15.4. The van der Waals surface area contributed by atoms with E-state index in [4.69, 9.17) is 4.74 Å². The Morgan fingerprint density at radius 2 is 1.82 bits per heavy atom. The molecule has 2 aromatic rings. The molecule has 0 spiro atoms. The highest BCUT2D eigenvalue weighted by atomic mass is 19.1. The second-order valence-corrected chi connectivity index (χ2v) is 5.44. The van der Waals surface area contributed by atoms with Crippen LogP contribution in [0.15, 0.2) is 48.5 Å². The standard InChI is InChI=1S/C18H18FNO2/c19-16-5-3-4-14(12-16)13-22-17-8-6-15(7-9-17)18(21)20-10-1-2-11-20/h3-9,12H,1-2,10-11,13H2. The summed E-state index contributed by atoms with van der Waals surface area (Å²) in [6.45, 7) is 1.99. The first-order valence-electron chi connectivity index (χ1n) is 7.49. The number of likely N-dealkylation sites (tertiary alicyclic amines) is 1. The Balaban J connectivity index is 1.60. The smallest absolute Gasteiger partial charge is 0.253 e. The molecular weight excluding hydrogens is 281 g/mol. The van der Waals surface area contributed by atoms with E-state index in [1.807, 2.05) is 11.0 Å². The largest absolute Gasteiger partial charge is 0.489 e. The van der Waals surface area contributed by atoms with Crippen molar-refractivity contribution in [2.45, 2.75) is 19.4 Å². The summed E-state index contributed by atoms with van der Waals surface area (Å²) in [5.41, 5.74) is 1.46. The van der Waals surface area contributed by atoms with Gasteiger partial charge in [0, 0.05) is 18.7 Å². The van der Waals surface area contributed by atoms with Crippen LogP contribution in [0.4, 0.5) is 4.39 Å². The van der Waals surface area contributed by atoms with Gasteiger partial charge in [-0.3, -0.25) is 4.79 Å². The van der Waals surface area contributed by atoms with E-state index in [1.165, 1.54) is 12.1 Å². The minimum atomic E-state index is -0.271. The summed E-state index contributed by atoms with van der Waals surface area (Å²) in [7, 11) is 0. The van der Waals surface area contributed by atoms with Crippen LogP contribution < -0.4 is 4.74 Å². The molecule has 22 heavy (non-hydrogen) atoms. The second kappa shape index (κ2) is 6.60. The number of carbonyl (C=O) groups excluding carboxylic acids is 1. The monoisotopic (exact) mass is 299 g/mol. The van der Waals surface area contributed by atoms with Crippen molar-refractivity contribution in [2.75, 3.05) is 13.1 Å². The van der Waals surface area contributed by atoms with Crippen LogP contribution in [-0.2, 0) is 6.61 Å². The number of carbonyl (C=O) groups is 1. The summed E-state index contributed by atoms with van der Waals surface area (Å²) in [5, 5.41) is 0. The number of hydrogen-bond acceptors (Lipinski definition) is 2. The molecule has 1 aliphatic rings. The molecule has 1 aliphatic heterocycles. The van der Waals surface area contributed by atoms with Gasteiger partial charge in [-0.1, -0.05) is 12.1 Å². The zero-order valence-electron chi connectivity index (χ0n) is 12.3. The average molecular weight is 299 g/mol. The Kier molecular flexibility index (Phi) is 4.37. The van der Waals surface area contributed by atoms with E-state index in [-0.39, 0.29) is 11.7 Å². The summed E-state index contributed by atoms with van der Waals surface area (Å²) in [6.07, 6.45) is 2.17. The molecule has 4 heteroatoms. The summed E-state index contributed by atoms with van der Waals surface area (Å²) in [5.74, 6) is 0.476. The fraction of sp³-hybridized carbons (Fsp3) is 0.278. The van der Waals surface area contributed by atoms with Crippen LogP contribution in [-0.4, -0.2) is 23.9 Å². The average Bonchev–Trinajstić information content (AvgIpc) is 3.07. The van der Waals surface area contributed by atoms with E-state index in [0.29, 0.717) is 17.9 Å². The van der Waals surface area contributed by atoms with E-state index in [1.54, 1.807) is 30.3 Å². The van der Waals surface area contributed by atoms with Gasteiger partial charge in [-0.25, -0.2) is 4.39 Å². The highest BCUT2D eigenvalue weighted by Crippen LogP contribution is 2.17. The van der Waals surface area contributed by atoms with Crippen molar-refractivity contribution in [3.8, 4) is 5.75 Å². The van der Waals surface area contributed by atoms with Gasteiger partial charge in [-0.15, -0.1) is 0 Å². The van der Waals surface area contributed by atoms with Gasteiger partial charge in [0.2, 0.25) is 0 Å². The summed E-state index contributed by atoms with van der Waals surface area (Å²) in [4.78, 5) is 14.1. The molecule has 2 aromatic carbocycles. The lowest BCUT2D eigenvalue weighted by molar-refractivity contribution is 0.0793. The lowest BCUT2D eigenvalue weighted by Crippen LogP contribution is -2.27. The quantitative estimate of drug-likeness (QED) is 0.862. The summed E-state index contributed by atoms with van der Waals surface area (Å²) >= 11 is 0. The minimum Gasteiger partial charge on any atom is -0.489 e. The van der Waals surface area contributed by atoms with Gasteiger partial charge in [-0.2, -0.15) is 0 Å². The maximum atomic E-state index is 13.1. The van der Waals surface area contributed by atoms with Crippen molar-refractivity contribution in [1.82, 2.24) is 4.90 Å². The Bertz CT molecular complexity index is 648. The SMILES string of the molecule is O=C(c1ccc(OCc2cccc(F)c2)cc1)N1CCCC1. The third-order valence-electron chi connectivity index (χ3n) is 3.79. The summed E-state index contributed by atoms with van der Waals surface area (Å²) < 4.78 is 18.7. The van der Waals surface area contributed by atoms with Crippen LogP contribution in [0, 0.1) is 5.82 Å². The molecule has 114 valence electrons. The molecular formula is C18H18FNO2. The van der Waals surface area contributed by atoms with Crippen LogP contribution in [0.3, 0.4) is 0 Å². The van der Waals surface area contributed by atoms with Gasteiger partial charge in [0.1, 0.15) is 18.2 Å². The highest BCUT2D eigenvalue weighted by Gasteiger charge is 2.19. The lowest BCUT2D eigenvalue weighted by atomic mass is 10.2. The molecule has 0 bridgehead atoms. The van der Waals surface area contributed by atoms with Crippen molar-refractivity contribution in [3.63, 3.8) is 0 Å². The maximum absolute atomic E-state index is 13.1. The van der Waals surface area contributed by atoms with Crippen LogP contribution in [0.25, 0.3) is 0 Å². The zero-order valence-corrected chi connectivity index (χ0v) is 12.3. The molecule has 1 saturated heterocycles. The molecule has 0 aromatic heterocycles. The first-order valence-corrected chi connectivity index (χ1v) is 7.49. The van der Waals surface area contributed by atoms with E-state index < -0.39 is 0 Å². The number of nitrogens with zero attached hydrogens (tertiary/aromatic N) is 1. The Morgan fingerprint density at radius 3 is 2.50 bits per heavy atom. The van der Waals surface area contributed by atoms with Gasteiger partial charge in [0.05, 0.1) is 0 Å². The number of ether oxygens (including phenoxy) is 1. The van der Waals surface area contributed by atoms with Crippen molar-refractivity contribution in [1.29, 1.82) is 0 Å². The molecule has 0 N–H and O–H groups in total. The number of benzene rings is 2.